The Hall–Kier alpha value is -1.63. The summed E-state index contributed by atoms with van der Waals surface area (Å²) in [6, 6.07) is -0.436. The third-order valence-corrected chi connectivity index (χ3v) is 1.99. The molecule has 0 aliphatic heterocycles. The van der Waals surface area contributed by atoms with Gasteiger partial charge in [-0.25, -0.2) is 0 Å². The lowest BCUT2D eigenvalue weighted by Crippen LogP contribution is -2.70. The maximum atomic E-state index is 11.3. The van der Waals surface area contributed by atoms with Crippen molar-refractivity contribution in [3.8, 4) is 0 Å². The Morgan fingerprint density at radius 2 is 1.75 bits per heavy atom. The zero-order chi connectivity index (χ0) is 12.7. The Morgan fingerprint density at radius 1 is 1.19 bits per heavy atom. The van der Waals surface area contributed by atoms with Crippen LogP contribution in [-0.2, 0) is 14.4 Å². The number of nitrogens with one attached hydrogen (secondary N) is 2. The van der Waals surface area contributed by atoms with E-state index in [-0.39, 0.29) is 18.4 Å². The number of hydrogen-bond donors (Lipinski definition) is 3. The molecule has 0 radical (unpaired) electrons. The van der Waals surface area contributed by atoms with Crippen LogP contribution in [0.1, 0.15) is 13.8 Å². The maximum Gasteiger partial charge on any atom is 0.278 e. The Labute approximate surface area is 93.4 Å². The van der Waals surface area contributed by atoms with Crippen LogP contribution in [0.15, 0.2) is 0 Å². The van der Waals surface area contributed by atoms with E-state index in [1.165, 1.54) is 0 Å². The van der Waals surface area contributed by atoms with E-state index in [1.807, 2.05) is 13.8 Å². The van der Waals surface area contributed by atoms with E-state index in [2.05, 4.69) is 16.4 Å². The summed E-state index contributed by atoms with van der Waals surface area (Å²) in [5, 5.41) is 14.4. The van der Waals surface area contributed by atoms with Crippen molar-refractivity contribution in [2.24, 2.45) is 5.92 Å². The molecule has 0 aliphatic rings. The summed E-state index contributed by atoms with van der Waals surface area (Å²) in [5.74, 6) is -2.21. The van der Waals surface area contributed by atoms with E-state index in [0.29, 0.717) is 0 Å². The molecule has 0 fully saturated rings. The van der Waals surface area contributed by atoms with Crippen LogP contribution >= 0.6 is 0 Å². The number of amides is 2. The van der Waals surface area contributed by atoms with E-state index >= 15 is 0 Å². The van der Waals surface area contributed by atoms with Gasteiger partial charge in [0.15, 0.2) is 6.04 Å². The number of carbonyl (C=O) groups is 3. The van der Waals surface area contributed by atoms with Crippen LogP contribution in [0.5, 0.6) is 0 Å². The van der Waals surface area contributed by atoms with Gasteiger partial charge in [0.25, 0.3) is 5.91 Å². The van der Waals surface area contributed by atoms with Crippen molar-refractivity contribution in [2.75, 3.05) is 13.1 Å². The van der Waals surface area contributed by atoms with Crippen LogP contribution in [0.3, 0.4) is 0 Å². The highest BCUT2D eigenvalue weighted by Gasteiger charge is 2.21. The van der Waals surface area contributed by atoms with E-state index in [0.717, 1.165) is 0 Å². The third-order valence-electron chi connectivity index (χ3n) is 1.99. The lowest BCUT2D eigenvalue weighted by Gasteiger charge is -2.12. The summed E-state index contributed by atoms with van der Waals surface area (Å²) >= 11 is 0. The number of carboxylic acids is 1. The van der Waals surface area contributed by atoms with Crippen LogP contribution in [-0.4, -0.2) is 36.9 Å². The largest absolute Gasteiger partial charge is 0.548 e. The molecule has 0 saturated carbocycles. The predicted octanol–water partition coefficient (Wildman–Crippen LogP) is -3.76. The predicted molar refractivity (Wildman–Crippen MR) is 52.5 cm³/mol. The van der Waals surface area contributed by atoms with Gasteiger partial charge < -0.3 is 26.3 Å². The fourth-order valence-electron chi connectivity index (χ4n) is 0.834. The molecule has 0 aromatic heterocycles. The molecule has 16 heavy (non-hydrogen) atoms. The van der Waals surface area contributed by atoms with Gasteiger partial charge in [0, 0.05) is 5.92 Å². The normalized spacial score (nSPS) is 12.0. The first kappa shape index (κ1) is 14.4. The minimum absolute atomic E-state index is 0.0753. The summed E-state index contributed by atoms with van der Waals surface area (Å²) in [6.07, 6.45) is 0. The van der Waals surface area contributed by atoms with Crippen LogP contribution in [0.25, 0.3) is 0 Å². The van der Waals surface area contributed by atoms with Crippen molar-refractivity contribution in [1.82, 2.24) is 10.6 Å². The van der Waals surface area contributed by atoms with Crippen LogP contribution in [0.4, 0.5) is 0 Å². The molecule has 0 aromatic carbocycles. The minimum atomic E-state index is -1.38. The molecule has 7 heteroatoms. The molecule has 0 saturated heterocycles. The molecule has 0 rings (SSSR count). The van der Waals surface area contributed by atoms with Gasteiger partial charge in [-0.05, 0) is 0 Å². The lowest BCUT2D eigenvalue weighted by molar-refractivity contribution is -0.414. The molecule has 5 N–H and O–H groups in total. The molecule has 1 atom stereocenters. The molecule has 0 spiro atoms. The molecular weight excluding hydrogens is 214 g/mol. The average Bonchev–Trinajstić information content (AvgIpc) is 2.21. The Bertz CT molecular complexity index is 278. The molecule has 0 aliphatic carbocycles. The topological polar surface area (TPSA) is 126 Å². The Balaban J connectivity index is 3.83. The minimum Gasteiger partial charge on any atom is -0.548 e. The van der Waals surface area contributed by atoms with Gasteiger partial charge in [-0.2, -0.15) is 0 Å². The van der Waals surface area contributed by atoms with Crippen LogP contribution in [0, 0.1) is 5.92 Å². The number of hydrogen-bond acceptors (Lipinski definition) is 4. The highest BCUT2D eigenvalue weighted by atomic mass is 16.4. The average molecular weight is 231 g/mol. The second-order valence-corrected chi connectivity index (χ2v) is 3.72. The van der Waals surface area contributed by atoms with Crippen molar-refractivity contribution in [1.29, 1.82) is 0 Å². The van der Waals surface area contributed by atoms with Crippen molar-refractivity contribution >= 4 is 17.8 Å². The van der Waals surface area contributed by atoms with E-state index < -0.39 is 24.5 Å². The van der Waals surface area contributed by atoms with Crippen LogP contribution < -0.4 is 21.5 Å². The molecule has 2 amide bonds. The summed E-state index contributed by atoms with van der Waals surface area (Å²) in [7, 11) is 0. The maximum absolute atomic E-state index is 11.3. The monoisotopic (exact) mass is 231 g/mol. The van der Waals surface area contributed by atoms with Crippen molar-refractivity contribution in [3.05, 3.63) is 0 Å². The molecule has 92 valence electrons. The Kier molecular flexibility index (Phi) is 6.09. The number of rotatable bonds is 6. The van der Waals surface area contributed by atoms with Crippen molar-refractivity contribution in [3.63, 3.8) is 0 Å². The van der Waals surface area contributed by atoms with Gasteiger partial charge in [-0.1, -0.05) is 13.8 Å². The zero-order valence-corrected chi connectivity index (χ0v) is 9.41. The second kappa shape index (κ2) is 6.78. The second-order valence-electron chi connectivity index (χ2n) is 3.72. The molecule has 0 unspecified atom stereocenters. The molecule has 0 aromatic rings. The highest BCUT2D eigenvalue weighted by Crippen LogP contribution is 1.95. The first-order chi connectivity index (χ1) is 7.34. The number of quaternary nitrogens is 1. The Morgan fingerprint density at radius 3 is 2.19 bits per heavy atom. The first-order valence-corrected chi connectivity index (χ1v) is 4.92. The van der Waals surface area contributed by atoms with Gasteiger partial charge in [-0.15, -0.1) is 0 Å². The van der Waals surface area contributed by atoms with Gasteiger partial charge in [-0.3, -0.25) is 9.59 Å². The fourth-order valence-corrected chi connectivity index (χ4v) is 0.834. The van der Waals surface area contributed by atoms with Gasteiger partial charge in [0.2, 0.25) is 5.91 Å². The fraction of sp³-hybridized carbons (Fsp3) is 0.667. The summed E-state index contributed by atoms with van der Waals surface area (Å²) in [5.41, 5.74) is 3.64. The van der Waals surface area contributed by atoms with Gasteiger partial charge >= 0.3 is 0 Å². The smallest absolute Gasteiger partial charge is 0.278 e. The third kappa shape index (κ3) is 5.97. The summed E-state index contributed by atoms with van der Waals surface area (Å²) in [4.78, 5) is 32.4. The van der Waals surface area contributed by atoms with Crippen LogP contribution in [0.2, 0.25) is 0 Å². The summed E-state index contributed by atoms with van der Waals surface area (Å²) in [6.45, 7) is 2.86. The van der Waals surface area contributed by atoms with E-state index in [4.69, 9.17) is 0 Å². The van der Waals surface area contributed by atoms with E-state index in [1.54, 1.807) is 0 Å². The zero-order valence-electron chi connectivity index (χ0n) is 9.41. The summed E-state index contributed by atoms with van der Waals surface area (Å²) < 4.78 is 0. The van der Waals surface area contributed by atoms with Gasteiger partial charge in [0.1, 0.15) is 0 Å². The number of aliphatic carboxylic acids is 1. The quantitative estimate of drug-likeness (QED) is 0.434. The standard InChI is InChI=1S/C9H17N3O4/c1-5(2)8(10)9(16)12-3-6(13)11-4-7(14)15/h5,8H,3-4,10H2,1-2H3,(H,11,13)(H,12,16)(H,14,15)/t8-/m1/s1. The SMILES string of the molecule is CC(C)[C@@H]([NH3+])C(=O)NCC(=O)NCC(=O)[O-]. The van der Waals surface area contributed by atoms with Crippen molar-refractivity contribution < 1.29 is 25.2 Å². The molecular formula is C9H17N3O4. The first-order valence-electron chi connectivity index (χ1n) is 4.92. The molecule has 0 bridgehead atoms. The van der Waals surface area contributed by atoms with E-state index in [9.17, 15) is 19.5 Å². The lowest BCUT2D eigenvalue weighted by atomic mass is 10.1. The molecule has 7 nitrogen and oxygen atoms in total. The number of carboxylic acid groups (broad SMARTS) is 1. The number of carbonyl (C=O) groups excluding carboxylic acids is 3. The van der Waals surface area contributed by atoms with Crippen molar-refractivity contribution in [2.45, 2.75) is 19.9 Å². The van der Waals surface area contributed by atoms with Gasteiger partial charge in [0.05, 0.1) is 19.1 Å². The molecule has 0 heterocycles. The highest BCUT2D eigenvalue weighted by molar-refractivity contribution is 5.87.